The van der Waals surface area contributed by atoms with Gasteiger partial charge < -0.3 is 5.32 Å². The van der Waals surface area contributed by atoms with E-state index in [1.54, 1.807) is 12.1 Å². The molecule has 0 aliphatic carbocycles. The number of anilines is 1. The molecule has 0 fully saturated rings. The lowest BCUT2D eigenvalue weighted by molar-refractivity contribution is -0.137. The molecule has 5 heteroatoms. The Balaban J connectivity index is 1.96. The van der Waals surface area contributed by atoms with Crippen LogP contribution in [0.4, 0.5) is 23.2 Å². The zero-order chi connectivity index (χ0) is 15.5. The largest absolute Gasteiger partial charge is 0.416 e. The van der Waals surface area contributed by atoms with Gasteiger partial charge in [-0.25, -0.2) is 4.39 Å². The van der Waals surface area contributed by atoms with E-state index < -0.39 is 11.7 Å². The second-order valence-corrected chi connectivity index (χ2v) is 4.95. The summed E-state index contributed by atoms with van der Waals surface area (Å²) in [4.78, 5) is 0. The van der Waals surface area contributed by atoms with Gasteiger partial charge in [-0.1, -0.05) is 12.1 Å². The zero-order valence-electron chi connectivity index (χ0n) is 11.4. The van der Waals surface area contributed by atoms with Crippen molar-refractivity contribution >= 4 is 5.69 Å². The monoisotopic (exact) mass is 297 g/mol. The van der Waals surface area contributed by atoms with Crippen molar-refractivity contribution in [3.8, 4) is 0 Å². The first-order valence-corrected chi connectivity index (χ1v) is 6.53. The van der Waals surface area contributed by atoms with Crippen LogP contribution in [0.1, 0.15) is 18.1 Å². The van der Waals surface area contributed by atoms with E-state index in [1.807, 2.05) is 6.92 Å². The van der Waals surface area contributed by atoms with Crippen LogP contribution < -0.4 is 5.32 Å². The van der Waals surface area contributed by atoms with Crippen molar-refractivity contribution in [1.82, 2.24) is 0 Å². The first-order chi connectivity index (χ1) is 9.84. The standard InChI is InChI=1S/C16H15F4N/c1-11(10-12-2-6-14(17)7-3-12)21-15-8-4-13(5-9-15)16(18,19)20/h2-9,11,21H,10H2,1H3. The van der Waals surface area contributed by atoms with Crippen LogP contribution in [-0.4, -0.2) is 6.04 Å². The van der Waals surface area contributed by atoms with Crippen molar-refractivity contribution in [1.29, 1.82) is 0 Å². The number of halogens is 4. The maximum absolute atomic E-state index is 12.8. The second-order valence-electron chi connectivity index (χ2n) is 4.95. The van der Waals surface area contributed by atoms with Gasteiger partial charge in [0.2, 0.25) is 0 Å². The number of hydrogen-bond acceptors (Lipinski definition) is 1. The Labute approximate surface area is 120 Å². The normalized spacial score (nSPS) is 13.0. The van der Waals surface area contributed by atoms with Gasteiger partial charge in [0, 0.05) is 11.7 Å². The van der Waals surface area contributed by atoms with Crippen LogP contribution in [0.25, 0.3) is 0 Å². The lowest BCUT2D eigenvalue weighted by Gasteiger charge is -2.16. The molecule has 0 aliphatic heterocycles. The maximum atomic E-state index is 12.8. The molecule has 112 valence electrons. The summed E-state index contributed by atoms with van der Waals surface area (Å²) in [5, 5.41) is 3.12. The topological polar surface area (TPSA) is 12.0 Å². The van der Waals surface area contributed by atoms with Crippen LogP contribution in [-0.2, 0) is 12.6 Å². The molecule has 0 amide bonds. The molecule has 0 radical (unpaired) electrons. The summed E-state index contributed by atoms with van der Waals surface area (Å²) < 4.78 is 50.2. The Morgan fingerprint density at radius 3 is 2.05 bits per heavy atom. The van der Waals surface area contributed by atoms with E-state index in [0.29, 0.717) is 12.1 Å². The van der Waals surface area contributed by atoms with Crippen LogP contribution in [0.5, 0.6) is 0 Å². The Morgan fingerprint density at radius 2 is 1.52 bits per heavy atom. The van der Waals surface area contributed by atoms with E-state index in [0.717, 1.165) is 17.7 Å². The molecule has 2 aromatic rings. The third-order valence-electron chi connectivity index (χ3n) is 3.08. The molecule has 0 saturated heterocycles. The van der Waals surface area contributed by atoms with Crippen LogP contribution in [0.2, 0.25) is 0 Å². The highest BCUT2D eigenvalue weighted by atomic mass is 19.4. The van der Waals surface area contributed by atoms with Crippen molar-refractivity contribution in [3.63, 3.8) is 0 Å². The molecule has 2 aromatic carbocycles. The van der Waals surface area contributed by atoms with E-state index in [9.17, 15) is 17.6 Å². The average Bonchev–Trinajstić information content (AvgIpc) is 2.41. The van der Waals surface area contributed by atoms with E-state index in [4.69, 9.17) is 0 Å². The fourth-order valence-electron chi connectivity index (χ4n) is 2.07. The Bertz CT molecular complexity index is 573. The molecular formula is C16H15F4N. The van der Waals surface area contributed by atoms with Gasteiger partial charge in [-0.05, 0) is 55.3 Å². The molecule has 0 aliphatic rings. The van der Waals surface area contributed by atoms with Crippen LogP contribution >= 0.6 is 0 Å². The smallest absolute Gasteiger partial charge is 0.382 e. The van der Waals surface area contributed by atoms with E-state index >= 15 is 0 Å². The predicted molar refractivity (Wildman–Crippen MR) is 74.6 cm³/mol. The maximum Gasteiger partial charge on any atom is 0.416 e. The molecule has 0 heterocycles. The summed E-state index contributed by atoms with van der Waals surface area (Å²) in [7, 11) is 0. The fourth-order valence-corrected chi connectivity index (χ4v) is 2.07. The van der Waals surface area contributed by atoms with E-state index in [2.05, 4.69) is 5.32 Å². The van der Waals surface area contributed by atoms with Gasteiger partial charge in [-0.3, -0.25) is 0 Å². The van der Waals surface area contributed by atoms with Gasteiger partial charge in [-0.15, -0.1) is 0 Å². The molecule has 21 heavy (non-hydrogen) atoms. The molecule has 0 spiro atoms. The Morgan fingerprint density at radius 1 is 0.952 bits per heavy atom. The zero-order valence-corrected chi connectivity index (χ0v) is 11.4. The minimum absolute atomic E-state index is 0.0206. The van der Waals surface area contributed by atoms with Crippen LogP contribution in [0.15, 0.2) is 48.5 Å². The first-order valence-electron chi connectivity index (χ1n) is 6.53. The summed E-state index contributed by atoms with van der Waals surface area (Å²) >= 11 is 0. The summed E-state index contributed by atoms with van der Waals surface area (Å²) in [6.45, 7) is 1.92. The lowest BCUT2D eigenvalue weighted by atomic mass is 10.1. The first kappa shape index (κ1) is 15.4. The lowest BCUT2D eigenvalue weighted by Crippen LogP contribution is -2.18. The summed E-state index contributed by atoms with van der Waals surface area (Å²) in [6.07, 6.45) is -3.67. The highest BCUT2D eigenvalue weighted by molar-refractivity contribution is 5.46. The highest BCUT2D eigenvalue weighted by Gasteiger charge is 2.29. The fraction of sp³-hybridized carbons (Fsp3) is 0.250. The second kappa shape index (κ2) is 6.16. The van der Waals surface area contributed by atoms with Crippen LogP contribution in [0, 0.1) is 5.82 Å². The minimum atomic E-state index is -4.32. The highest BCUT2D eigenvalue weighted by Crippen LogP contribution is 2.29. The molecule has 0 bridgehead atoms. The molecule has 0 saturated carbocycles. The van der Waals surface area contributed by atoms with Gasteiger partial charge >= 0.3 is 6.18 Å². The van der Waals surface area contributed by atoms with Crippen molar-refractivity contribution < 1.29 is 17.6 Å². The van der Waals surface area contributed by atoms with Crippen molar-refractivity contribution in [2.24, 2.45) is 0 Å². The van der Waals surface area contributed by atoms with Gasteiger partial charge in [0.25, 0.3) is 0 Å². The third-order valence-corrected chi connectivity index (χ3v) is 3.08. The molecule has 1 nitrogen and oxygen atoms in total. The van der Waals surface area contributed by atoms with Gasteiger partial charge in [0.15, 0.2) is 0 Å². The van der Waals surface area contributed by atoms with Crippen molar-refractivity contribution in [2.45, 2.75) is 25.6 Å². The van der Waals surface area contributed by atoms with Gasteiger partial charge in [0.1, 0.15) is 5.82 Å². The summed E-state index contributed by atoms with van der Waals surface area (Å²) in [5.41, 5.74) is 0.917. The third kappa shape index (κ3) is 4.48. The van der Waals surface area contributed by atoms with Crippen LogP contribution in [0.3, 0.4) is 0 Å². The summed E-state index contributed by atoms with van der Waals surface area (Å²) in [5.74, 6) is -0.290. The SMILES string of the molecule is CC(Cc1ccc(F)cc1)Nc1ccc(C(F)(F)F)cc1. The predicted octanol–water partition coefficient (Wildman–Crippen LogP) is 4.89. The molecule has 1 unspecified atom stereocenters. The van der Waals surface area contributed by atoms with Crippen molar-refractivity contribution in [2.75, 3.05) is 5.32 Å². The number of alkyl halides is 3. The molecule has 2 rings (SSSR count). The number of nitrogens with one attached hydrogen (secondary N) is 1. The average molecular weight is 297 g/mol. The van der Waals surface area contributed by atoms with E-state index in [-0.39, 0.29) is 11.9 Å². The summed E-state index contributed by atoms with van der Waals surface area (Å²) in [6, 6.07) is 11.1. The van der Waals surface area contributed by atoms with Gasteiger partial charge in [-0.2, -0.15) is 13.2 Å². The minimum Gasteiger partial charge on any atom is -0.382 e. The number of benzene rings is 2. The van der Waals surface area contributed by atoms with Gasteiger partial charge in [0.05, 0.1) is 5.56 Å². The molecule has 1 atom stereocenters. The number of rotatable bonds is 4. The molecule has 1 N–H and O–H groups in total. The molecular weight excluding hydrogens is 282 g/mol. The Hall–Kier alpha value is -2.04. The quantitative estimate of drug-likeness (QED) is 0.792. The van der Waals surface area contributed by atoms with E-state index in [1.165, 1.54) is 24.3 Å². The van der Waals surface area contributed by atoms with Crippen molar-refractivity contribution in [3.05, 3.63) is 65.5 Å². The number of hydrogen-bond donors (Lipinski definition) is 1. The Kier molecular flexibility index (Phi) is 4.50. The molecule has 0 aromatic heterocycles.